The summed E-state index contributed by atoms with van der Waals surface area (Å²) in [6.07, 6.45) is 4.99. The summed E-state index contributed by atoms with van der Waals surface area (Å²) in [6.45, 7) is 5.02. The lowest BCUT2D eigenvalue weighted by Gasteiger charge is -2.27. The third kappa shape index (κ3) is 5.00. The first-order valence-electron chi connectivity index (χ1n) is 7.20. The molecule has 2 N–H and O–H groups in total. The fourth-order valence-corrected chi connectivity index (χ4v) is 4.04. The van der Waals surface area contributed by atoms with Gasteiger partial charge < -0.3 is 5.32 Å². The van der Waals surface area contributed by atoms with Crippen molar-refractivity contribution in [1.82, 2.24) is 19.3 Å². The Labute approximate surface area is 131 Å². The molecule has 0 radical (unpaired) electrons. The van der Waals surface area contributed by atoms with E-state index in [1.54, 1.807) is 13.2 Å². The van der Waals surface area contributed by atoms with E-state index >= 15 is 0 Å². The Morgan fingerprint density at radius 1 is 1.48 bits per heavy atom. The van der Waals surface area contributed by atoms with Crippen molar-refractivity contribution in [2.45, 2.75) is 44.7 Å². The Morgan fingerprint density at radius 3 is 2.76 bits per heavy atom. The summed E-state index contributed by atoms with van der Waals surface area (Å²) in [5.74, 6) is 0. The second kappa shape index (κ2) is 6.70. The van der Waals surface area contributed by atoms with E-state index in [9.17, 15) is 8.42 Å². The van der Waals surface area contributed by atoms with E-state index in [-0.39, 0.29) is 0 Å². The highest BCUT2D eigenvalue weighted by molar-refractivity contribution is 7.87. The summed E-state index contributed by atoms with van der Waals surface area (Å²) in [5, 5.41) is 5.99. The van der Waals surface area contributed by atoms with Crippen molar-refractivity contribution in [1.29, 1.82) is 0 Å². The Morgan fingerprint density at radius 2 is 2.19 bits per heavy atom. The number of rotatable bonds is 9. The topological polar surface area (TPSA) is 74.3 Å². The molecule has 6 nitrogen and oxygen atoms in total. The third-order valence-electron chi connectivity index (χ3n) is 3.42. The predicted molar refractivity (Wildman–Crippen MR) is 85.5 cm³/mol. The van der Waals surface area contributed by atoms with E-state index in [0.29, 0.717) is 12.6 Å². The molecule has 0 bridgehead atoms. The Balaban J connectivity index is 1.84. The first-order valence-corrected chi connectivity index (χ1v) is 9.52. The van der Waals surface area contributed by atoms with Crippen molar-refractivity contribution in [2.24, 2.45) is 0 Å². The maximum absolute atomic E-state index is 12.4. The van der Waals surface area contributed by atoms with Gasteiger partial charge in [0.25, 0.3) is 10.2 Å². The lowest BCUT2D eigenvalue weighted by atomic mass is 10.1. The summed E-state index contributed by atoms with van der Waals surface area (Å²) in [6, 6.07) is 0.661. The van der Waals surface area contributed by atoms with Gasteiger partial charge >= 0.3 is 0 Å². The molecule has 0 atom stereocenters. The molecular formula is C13H24N4O2S2. The van der Waals surface area contributed by atoms with Crippen LogP contribution in [0.3, 0.4) is 0 Å². The summed E-state index contributed by atoms with van der Waals surface area (Å²) >= 11 is 1.45. The average Bonchev–Trinajstić information content (AvgIpc) is 3.03. The second-order valence-corrected chi connectivity index (χ2v) is 8.65. The van der Waals surface area contributed by atoms with Crippen LogP contribution in [-0.4, -0.2) is 43.9 Å². The summed E-state index contributed by atoms with van der Waals surface area (Å²) < 4.78 is 28.8. The number of hydrogen-bond acceptors (Lipinski definition) is 5. The predicted octanol–water partition coefficient (Wildman–Crippen LogP) is 1.29. The van der Waals surface area contributed by atoms with Crippen LogP contribution in [0.5, 0.6) is 0 Å². The molecule has 1 heterocycles. The van der Waals surface area contributed by atoms with Crippen LogP contribution < -0.4 is 10.0 Å². The fraction of sp³-hybridized carbons (Fsp3) is 0.769. The van der Waals surface area contributed by atoms with Crippen LogP contribution in [0.4, 0.5) is 0 Å². The Hall–Kier alpha value is -0.540. The highest BCUT2D eigenvalue weighted by Gasteiger charge is 2.31. The molecule has 1 aliphatic rings. The summed E-state index contributed by atoms with van der Waals surface area (Å²) in [5.41, 5.74) is -0.701. The molecule has 120 valence electrons. The minimum absolute atomic E-state index is 0.503. The number of nitrogens with zero attached hydrogens (tertiary/aromatic N) is 2. The van der Waals surface area contributed by atoms with E-state index < -0.39 is 15.7 Å². The molecule has 0 aromatic carbocycles. The molecule has 0 aliphatic heterocycles. The SMILES string of the molecule is CN(CCCNC1CC1)S(=O)(=O)NC(C)(C)c1nccs1. The van der Waals surface area contributed by atoms with Crippen molar-refractivity contribution in [3.8, 4) is 0 Å². The quantitative estimate of drug-likeness (QED) is 0.668. The van der Waals surface area contributed by atoms with Crippen LogP contribution >= 0.6 is 11.3 Å². The van der Waals surface area contributed by atoms with Crippen LogP contribution in [0.1, 0.15) is 38.1 Å². The molecule has 1 fully saturated rings. The van der Waals surface area contributed by atoms with Gasteiger partial charge in [0.15, 0.2) is 0 Å². The number of nitrogens with one attached hydrogen (secondary N) is 2. The van der Waals surface area contributed by atoms with E-state index in [1.165, 1.54) is 28.5 Å². The maximum atomic E-state index is 12.4. The van der Waals surface area contributed by atoms with Crippen molar-refractivity contribution in [3.05, 3.63) is 16.6 Å². The maximum Gasteiger partial charge on any atom is 0.280 e. The monoisotopic (exact) mass is 332 g/mol. The number of thiazole rings is 1. The van der Waals surface area contributed by atoms with Gasteiger partial charge in [-0.25, -0.2) is 4.98 Å². The molecule has 0 unspecified atom stereocenters. The van der Waals surface area contributed by atoms with Gasteiger partial charge in [-0.3, -0.25) is 0 Å². The highest BCUT2D eigenvalue weighted by atomic mass is 32.2. The lowest BCUT2D eigenvalue weighted by Crippen LogP contribution is -2.48. The first kappa shape index (κ1) is 16.8. The molecule has 21 heavy (non-hydrogen) atoms. The number of aromatic nitrogens is 1. The minimum Gasteiger partial charge on any atom is -0.314 e. The van der Waals surface area contributed by atoms with Crippen molar-refractivity contribution < 1.29 is 8.42 Å². The van der Waals surface area contributed by atoms with Crippen LogP contribution in [0.25, 0.3) is 0 Å². The van der Waals surface area contributed by atoms with Crippen LogP contribution in [0, 0.1) is 0 Å². The smallest absolute Gasteiger partial charge is 0.280 e. The van der Waals surface area contributed by atoms with Crippen molar-refractivity contribution >= 4 is 21.5 Å². The fourth-order valence-electron chi connectivity index (χ4n) is 1.99. The first-order chi connectivity index (χ1) is 9.81. The zero-order valence-corrected chi connectivity index (χ0v) is 14.4. The highest BCUT2D eigenvalue weighted by Crippen LogP contribution is 2.23. The minimum atomic E-state index is -3.51. The third-order valence-corrected chi connectivity index (χ3v) is 6.29. The van der Waals surface area contributed by atoms with Crippen LogP contribution in [-0.2, 0) is 15.7 Å². The van der Waals surface area contributed by atoms with Gasteiger partial charge in [-0.15, -0.1) is 11.3 Å². The van der Waals surface area contributed by atoms with Gasteiger partial charge in [-0.1, -0.05) is 0 Å². The summed E-state index contributed by atoms with van der Waals surface area (Å²) in [4.78, 5) is 4.20. The zero-order valence-electron chi connectivity index (χ0n) is 12.8. The normalized spacial score (nSPS) is 16.6. The lowest BCUT2D eigenvalue weighted by molar-refractivity contribution is 0.407. The Bertz CT molecular complexity index is 539. The van der Waals surface area contributed by atoms with E-state index in [0.717, 1.165) is 18.0 Å². The van der Waals surface area contributed by atoms with Gasteiger partial charge in [-0.2, -0.15) is 17.4 Å². The summed E-state index contributed by atoms with van der Waals surface area (Å²) in [7, 11) is -1.90. The zero-order chi connectivity index (χ0) is 15.5. The Kier molecular flexibility index (Phi) is 5.37. The average molecular weight is 332 g/mol. The van der Waals surface area contributed by atoms with Crippen LogP contribution in [0.2, 0.25) is 0 Å². The van der Waals surface area contributed by atoms with E-state index in [2.05, 4.69) is 15.0 Å². The van der Waals surface area contributed by atoms with Crippen molar-refractivity contribution in [2.75, 3.05) is 20.1 Å². The molecule has 1 aliphatic carbocycles. The standard InChI is InChI=1S/C13H24N4O2S2/c1-13(2,12-15-8-10-20-12)16-21(18,19)17(3)9-4-7-14-11-5-6-11/h8,10-11,14,16H,4-7,9H2,1-3H3. The van der Waals surface area contributed by atoms with Gasteiger partial charge in [-0.05, 0) is 39.7 Å². The molecular weight excluding hydrogens is 308 g/mol. The van der Waals surface area contributed by atoms with Crippen LogP contribution in [0.15, 0.2) is 11.6 Å². The van der Waals surface area contributed by atoms with Gasteiger partial charge in [0, 0.05) is 31.2 Å². The molecule has 1 saturated carbocycles. The molecule has 0 saturated heterocycles. The molecule has 8 heteroatoms. The molecule has 0 spiro atoms. The van der Waals surface area contributed by atoms with Gasteiger partial charge in [0.1, 0.15) is 5.01 Å². The van der Waals surface area contributed by atoms with E-state index in [1.807, 2.05) is 19.2 Å². The molecule has 1 aromatic rings. The molecule has 2 rings (SSSR count). The van der Waals surface area contributed by atoms with Gasteiger partial charge in [0.2, 0.25) is 0 Å². The molecule has 1 aromatic heterocycles. The van der Waals surface area contributed by atoms with Crippen molar-refractivity contribution in [3.63, 3.8) is 0 Å². The van der Waals surface area contributed by atoms with E-state index in [4.69, 9.17) is 0 Å². The number of hydrogen-bond donors (Lipinski definition) is 2. The second-order valence-electron chi connectivity index (χ2n) is 5.97. The largest absolute Gasteiger partial charge is 0.314 e. The molecule has 0 amide bonds. The van der Waals surface area contributed by atoms with Gasteiger partial charge in [0.05, 0.1) is 5.54 Å².